The fourth-order valence-corrected chi connectivity index (χ4v) is 4.60. The van der Waals surface area contributed by atoms with Crippen molar-refractivity contribution in [3.05, 3.63) is 65.4 Å². The average molecular weight is 484 g/mol. The van der Waals surface area contributed by atoms with Gasteiger partial charge in [-0.25, -0.2) is 9.97 Å². The smallest absolute Gasteiger partial charge is 0.234 e. The second-order valence-electron chi connectivity index (χ2n) is 7.66. The third-order valence-electron chi connectivity index (χ3n) is 5.51. The van der Waals surface area contributed by atoms with Crippen molar-refractivity contribution >= 4 is 46.5 Å². The van der Waals surface area contributed by atoms with E-state index in [-0.39, 0.29) is 11.7 Å². The molecule has 2 heterocycles. The number of piperazine rings is 1. The Morgan fingerprint density at radius 1 is 1.09 bits per heavy atom. The van der Waals surface area contributed by atoms with Gasteiger partial charge in [0.25, 0.3) is 0 Å². The van der Waals surface area contributed by atoms with Crippen LogP contribution in [-0.4, -0.2) is 54.9 Å². The van der Waals surface area contributed by atoms with Crippen LogP contribution < -0.4 is 19.9 Å². The lowest BCUT2D eigenvalue weighted by Gasteiger charge is -2.36. The van der Waals surface area contributed by atoms with Gasteiger partial charge in [-0.1, -0.05) is 35.5 Å². The lowest BCUT2D eigenvalue weighted by atomic mass is 10.2. The van der Waals surface area contributed by atoms with Crippen LogP contribution in [0, 0.1) is 6.92 Å². The highest BCUT2D eigenvalue weighted by atomic mass is 35.5. The summed E-state index contributed by atoms with van der Waals surface area (Å²) in [6.07, 6.45) is 1.56. The molecule has 1 aromatic heterocycles. The van der Waals surface area contributed by atoms with Gasteiger partial charge in [0.05, 0.1) is 23.6 Å². The molecule has 0 spiro atoms. The number of carbonyl (C=O) groups is 1. The van der Waals surface area contributed by atoms with E-state index >= 15 is 0 Å². The number of ether oxygens (including phenoxy) is 1. The molecule has 1 saturated heterocycles. The number of anilines is 3. The zero-order valence-electron chi connectivity index (χ0n) is 18.6. The molecule has 0 radical (unpaired) electrons. The number of aromatic nitrogens is 2. The lowest BCUT2D eigenvalue weighted by Crippen LogP contribution is -2.46. The van der Waals surface area contributed by atoms with Gasteiger partial charge in [-0.15, -0.1) is 0 Å². The summed E-state index contributed by atoms with van der Waals surface area (Å²) in [5, 5.41) is 4.20. The van der Waals surface area contributed by atoms with Crippen LogP contribution in [0.2, 0.25) is 5.02 Å². The molecule has 1 N–H and O–H groups in total. The molecule has 1 aliphatic rings. The van der Waals surface area contributed by atoms with Gasteiger partial charge in [0.1, 0.15) is 22.9 Å². The van der Waals surface area contributed by atoms with Crippen molar-refractivity contribution in [1.29, 1.82) is 0 Å². The number of carbonyl (C=O) groups excluding carboxylic acids is 1. The molecule has 1 aliphatic heterocycles. The van der Waals surface area contributed by atoms with Crippen LogP contribution in [0.15, 0.2) is 59.9 Å². The zero-order valence-corrected chi connectivity index (χ0v) is 20.2. The number of amides is 1. The summed E-state index contributed by atoms with van der Waals surface area (Å²) in [6.45, 7) is 5.44. The second-order valence-corrected chi connectivity index (χ2v) is 9.06. The normalized spacial score (nSPS) is 13.7. The fraction of sp³-hybridized carbons (Fsp3) is 0.292. The van der Waals surface area contributed by atoms with Gasteiger partial charge >= 0.3 is 0 Å². The molecule has 1 amide bonds. The van der Waals surface area contributed by atoms with Crippen molar-refractivity contribution in [1.82, 2.24) is 9.97 Å². The number of thioether (sulfide) groups is 1. The molecular formula is C24H26ClN5O2S. The van der Waals surface area contributed by atoms with Crippen LogP contribution in [0.1, 0.15) is 5.56 Å². The maximum Gasteiger partial charge on any atom is 0.234 e. The predicted molar refractivity (Wildman–Crippen MR) is 135 cm³/mol. The largest absolute Gasteiger partial charge is 0.497 e. The highest BCUT2D eigenvalue weighted by molar-refractivity contribution is 7.99. The monoisotopic (exact) mass is 483 g/mol. The van der Waals surface area contributed by atoms with E-state index in [1.54, 1.807) is 19.5 Å². The van der Waals surface area contributed by atoms with E-state index in [0.717, 1.165) is 48.3 Å². The molecule has 4 rings (SSSR count). The maximum absolute atomic E-state index is 12.4. The van der Waals surface area contributed by atoms with Gasteiger partial charge in [0.2, 0.25) is 5.91 Å². The molecule has 7 nitrogen and oxygen atoms in total. The molecule has 3 aromatic rings. The maximum atomic E-state index is 12.4. The van der Waals surface area contributed by atoms with E-state index in [9.17, 15) is 4.79 Å². The highest BCUT2D eigenvalue weighted by Crippen LogP contribution is 2.27. The summed E-state index contributed by atoms with van der Waals surface area (Å²) in [6, 6.07) is 15.6. The van der Waals surface area contributed by atoms with E-state index in [1.807, 2.05) is 37.3 Å². The summed E-state index contributed by atoms with van der Waals surface area (Å²) in [4.78, 5) is 25.8. The molecule has 0 bridgehead atoms. The number of rotatable bonds is 7. The Balaban J connectivity index is 1.31. The minimum Gasteiger partial charge on any atom is -0.497 e. The first-order valence-electron chi connectivity index (χ1n) is 10.7. The van der Waals surface area contributed by atoms with Gasteiger partial charge in [-0.05, 0) is 42.8 Å². The topological polar surface area (TPSA) is 70.6 Å². The van der Waals surface area contributed by atoms with E-state index in [2.05, 4.69) is 37.2 Å². The van der Waals surface area contributed by atoms with Crippen molar-refractivity contribution < 1.29 is 9.53 Å². The van der Waals surface area contributed by atoms with Crippen molar-refractivity contribution in [2.24, 2.45) is 0 Å². The molecule has 2 aromatic carbocycles. The van der Waals surface area contributed by atoms with Gasteiger partial charge in [-0.2, -0.15) is 0 Å². The molecule has 0 saturated carbocycles. The van der Waals surface area contributed by atoms with Crippen LogP contribution in [0.4, 0.5) is 17.2 Å². The van der Waals surface area contributed by atoms with Gasteiger partial charge < -0.3 is 19.9 Å². The Morgan fingerprint density at radius 3 is 2.52 bits per heavy atom. The molecular weight excluding hydrogens is 458 g/mol. The third kappa shape index (κ3) is 5.89. The van der Waals surface area contributed by atoms with Crippen LogP contribution in [0.3, 0.4) is 0 Å². The minimum atomic E-state index is -0.121. The number of nitrogens with zero attached hydrogens (tertiary/aromatic N) is 4. The Kier molecular flexibility index (Phi) is 7.57. The summed E-state index contributed by atoms with van der Waals surface area (Å²) in [5.41, 5.74) is 2.77. The van der Waals surface area contributed by atoms with Crippen molar-refractivity contribution in [3.63, 3.8) is 0 Å². The number of para-hydroxylation sites is 1. The van der Waals surface area contributed by atoms with Crippen LogP contribution in [0.5, 0.6) is 5.75 Å². The molecule has 9 heteroatoms. The van der Waals surface area contributed by atoms with Gasteiger partial charge in [-0.3, -0.25) is 4.79 Å². The first-order valence-corrected chi connectivity index (χ1v) is 12.0. The van der Waals surface area contributed by atoms with E-state index < -0.39 is 0 Å². The Bertz CT molecular complexity index is 1080. The summed E-state index contributed by atoms with van der Waals surface area (Å²) in [5.74, 6) is 1.86. The first kappa shape index (κ1) is 23.2. The highest BCUT2D eigenvalue weighted by Gasteiger charge is 2.19. The predicted octanol–water partition coefficient (Wildman–Crippen LogP) is 4.50. The Labute approximate surface area is 203 Å². The minimum absolute atomic E-state index is 0.121. The molecule has 1 fully saturated rings. The molecule has 172 valence electrons. The van der Waals surface area contributed by atoms with Crippen LogP contribution in [0.25, 0.3) is 0 Å². The lowest BCUT2D eigenvalue weighted by molar-refractivity contribution is -0.113. The number of hydrogen-bond donors (Lipinski definition) is 1. The standard InChI is InChI=1S/C24H26ClN5O2S/c1-17-4-3-5-20(25)24(17)28-22(31)15-33-23-14-21(26-16-27-23)30-12-10-29(11-13-30)18-6-8-19(32-2)9-7-18/h3-9,14,16H,10-13,15H2,1-2H3,(H,28,31). The quantitative estimate of drug-likeness (QED) is 0.391. The summed E-state index contributed by atoms with van der Waals surface area (Å²) < 4.78 is 5.24. The van der Waals surface area contributed by atoms with Crippen molar-refractivity contribution in [2.45, 2.75) is 11.9 Å². The summed E-state index contributed by atoms with van der Waals surface area (Å²) in [7, 11) is 1.67. The second kappa shape index (κ2) is 10.8. The van der Waals surface area contributed by atoms with Gasteiger partial charge in [0, 0.05) is 37.9 Å². The number of methoxy groups -OCH3 is 1. The molecule has 33 heavy (non-hydrogen) atoms. The number of aryl methyl sites for hydroxylation is 1. The fourth-order valence-electron chi connectivity index (χ4n) is 3.67. The van der Waals surface area contributed by atoms with Crippen LogP contribution >= 0.6 is 23.4 Å². The van der Waals surface area contributed by atoms with Crippen LogP contribution in [-0.2, 0) is 4.79 Å². The Hall–Kier alpha value is -2.97. The molecule has 0 unspecified atom stereocenters. The van der Waals surface area contributed by atoms with Crippen molar-refractivity contribution in [3.8, 4) is 5.75 Å². The molecule has 0 aliphatic carbocycles. The number of halogens is 1. The zero-order chi connectivity index (χ0) is 23.2. The average Bonchev–Trinajstić information content (AvgIpc) is 2.85. The van der Waals surface area contributed by atoms with Gasteiger partial charge in [0.15, 0.2) is 0 Å². The first-order chi connectivity index (χ1) is 16.0. The third-order valence-corrected chi connectivity index (χ3v) is 6.75. The number of nitrogens with one attached hydrogen (secondary N) is 1. The summed E-state index contributed by atoms with van der Waals surface area (Å²) >= 11 is 7.59. The van der Waals surface area contributed by atoms with E-state index in [4.69, 9.17) is 16.3 Å². The SMILES string of the molecule is COc1ccc(N2CCN(c3cc(SCC(=O)Nc4c(C)cccc4Cl)ncn3)CC2)cc1. The number of hydrogen-bond acceptors (Lipinski definition) is 7. The molecule has 0 atom stereocenters. The number of benzene rings is 2. The van der Waals surface area contributed by atoms with Crippen molar-refractivity contribution in [2.75, 3.05) is 54.2 Å². The van der Waals surface area contributed by atoms with E-state index in [0.29, 0.717) is 10.7 Å². The Morgan fingerprint density at radius 2 is 1.82 bits per heavy atom. The van der Waals surface area contributed by atoms with E-state index in [1.165, 1.54) is 17.4 Å².